The lowest BCUT2D eigenvalue weighted by Gasteiger charge is -2.13. The van der Waals surface area contributed by atoms with E-state index in [4.69, 9.17) is 25.8 Å². The monoisotopic (exact) mass is 309 g/mol. The van der Waals surface area contributed by atoms with Crippen molar-refractivity contribution in [2.75, 3.05) is 14.2 Å². The first-order valence-corrected chi connectivity index (χ1v) is 6.27. The number of hydrogen-bond donors (Lipinski definition) is 0. The second kappa shape index (κ2) is 6.32. The zero-order chi connectivity index (χ0) is 15.4. The third-order valence-corrected chi connectivity index (χ3v) is 3.01. The molecule has 21 heavy (non-hydrogen) atoms. The predicted octanol–water partition coefficient (Wildman–Crippen LogP) is 4.06. The lowest BCUT2D eigenvalue weighted by atomic mass is 10.2. The second-order valence-electron chi connectivity index (χ2n) is 3.97. The molecule has 2 rings (SSSR count). The number of methoxy groups -OCH3 is 2. The van der Waals surface area contributed by atoms with Crippen LogP contribution in [-0.4, -0.2) is 19.1 Å². The van der Waals surface area contributed by atoms with Gasteiger partial charge in [0.05, 0.1) is 24.2 Å². The van der Waals surface area contributed by atoms with Crippen molar-refractivity contribution in [1.29, 1.82) is 0 Å². The van der Waals surface area contributed by atoms with Gasteiger partial charge in [0, 0.05) is 12.1 Å². The Morgan fingerprint density at radius 2 is 1.76 bits per heavy atom. The minimum absolute atomic E-state index is 0.107. The van der Waals surface area contributed by atoms with Crippen LogP contribution in [-0.2, 0) is 0 Å². The number of nitro groups is 1. The zero-order valence-corrected chi connectivity index (χ0v) is 12.1. The highest BCUT2D eigenvalue weighted by Crippen LogP contribution is 2.41. The summed E-state index contributed by atoms with van der Waals surface area (Å²) in [6, 6.07) is 9.11. The summed E-state index contributed by atoms with van der Waals surface area (Å²) in [6.45, 7) is 0. The van der Waals surface area contributed by atoms with E-state index in [0.29, 0.717) is 17.2 Å². The molecule has 2 aromatic rings. The molecule has 0 N–H and O–H groups in total. The largest absolute Gasteiger partial charge is 0.493 e. The molecule has 0 spiro atoms. The van der Waals surface area contributed by atoms with Crippen molar-refractivity contribution < 1.29 is 19.1 Å². The van der Waals surface area contributed by atoms with Gasteiger partial charge in [-0.15, -0.1) is 0 Å². The van der Waals surface area contributed by atoms with Gasteiger partial charge in [-0.1, -0.05) is 17.7 Å². The van der Waals surface area contributed by atoms with Crippen LogP contribution < -0.4 is 14.2 Å². The average molecular weight is 310 g/mol. The van der Waals surface area contributed by atoms with Crippen LogP contribution in [0, 0.1) is 10.1 Å². The Morgan fingerprint density at radius 3 is 2.33 bits per heavy atom. The van der Waals surface area contributed by atoms with Gasteiger partial charge in [-0.25, -0.2) is 0 Å². The van der Waals surface area contributed by atoms with Crippen molar-refractivity contribution >= 4 is 17.3 Å². The van der Waals surface area contributed by atoms with Crippen molar-refractivity contribution in [1.82, 2.24) is 0 Å². The number of nitro benzene ring substituents is 1. The molecule has 2 aromatic carbocycles. The number of nitrogens with zero attached hydrogens (tertiary/aromatic N) is 1. The molecule has 0 aliphatic carbocycles. The SMILES string of the molecule is COc1cccc(Oc2ccc([N+](=O)[O-])cc2Cl)c1OC. The van der Waals surface area contributed by atoms with E-state index in [-0.39, 0.29) is 16.5 Å². The normalized spacial score (nSPS) is 10.0. The quantitative estimate of drug-likeness (QED) is 0.615. The highest BCUT2D eigenvalue weighted by molar-refractivity contribution is 6.32. The fourth-order valence-corrected chi connectivity index (χ4v) is 1.96. The number of hydrogen-bond acceptors (Lipinski definition) is 5. The van der Waals surface area contributed by atoms with Crippen LogP contribution in [0.3, 0.4) is 0 Å². The van der Waals surface area contributed by atoms with Gasteiger partial charge in [-0.3, -0.25) is 10.1 Å². The van der Waals surface area contributed by atoms with Crippen molar-refractivity contribution in [3.05, 3.63) is 51.5 Å². The topological polar surface area (TPSA) is 70.8 Å². The summed E-state index contributed by atoms with van der Waals surface area (Å²) in [5.41, 5.74) is -0.107. The minimum Gasteiger partial charge on any atom is -0.493 e. The van der Waals surface area contributed by atoms with Crippen molar-refractivity contribution in [2.45, 2.75) is 0 Å². The molecule has 0 amide bonds. The van der Waals surface area contributed by atoms with E-state index in [1.54, 1.807) is 18.2 Å². The summed E-state index contributed by atoms with van der Waals surface area (Å²) in [6.07, 6.45) is 0. The summed E-state index contributed by atoms with van der Waals surface area (Å²) in [5, 5.41) is 10.8. The Hall–Kier alpha value is -2.47. The summed E-state index contributed by atoms with van der Waals surface area (Å²) >= 11 is 5.99. The minimum atomic E-state index is -0.526. The van der Waals surface area contributed by atoms with Crippen molar-refractivity contribution in [3.63, 3.8) is 0 Å². The number of non-ortho nitro benzene ring substituents is 1. The third kappa shape index (κ3) is 3.17. The average Bonchev–Trinajstić information content (AvgIpc) is 2.48. The van der Waals surface area contributed by atoms with Crippen LogP contribution in [0.15, 0.2) is 36.4 Å². The van der Waals surface area contributed by atoms with Crippen molar-refractivity contribution in [3.8, 4) is 23.0 Å². The van der Waals surface area contributed by atoms with Crippen LogP contribution in [0.5, 0.6) is 23.0 Å². The van der Waals surface area contributed by atoms with Crippen molar-refractivity contribution in [2.24, 2.45) is 0 Å². The van der Waals surface area contributed by atoms with Crippen LogP contribution in [0.25, 0.3) is 0 Å². The summed E-state index contributed by atoms with van der Waals surface area (Å²) in [4.78, 5) is 10.2. The van der Waals surface area contributed by atoms with Gasteiger partial charge in [-0.2, -0.15) is 0 Å². The van der Waals surface area contributed by atoms with E-state index >= 15 is 0 Å². The molecule has 0 atom stereocenters. The molecular weight excluding hydrogens is 298 g/mol. The molecule has 0 aliphatic heterocycles. The number of ether oxygens (including phenoxy) is 3. The van der Waals surface area contributed by atoms with E-state index in [2.05, 4.69) is 0 Å². The Bertz CT molecular complexity index is 674. The molecule has 0 saturated heterocycles. The lowest BCUT2D eigenvalue weighted by Crippen LogP contribution is -1.95. The van der Waals surface area contributed by atoms with Gasteiger partial charge >= 0.3 is 0 Å². The molecule has 0 radical (unpaired) electrons. The number of halogens is 1. The number of para-hydroxylation sites is 1. The standard InChI is InChI=1S/C14H12ClNO5/c1-19-12-4-3-5-13(14(12)20-2)21-11-7-6-9(16(17)18)8-10(11)15/h3-8H,1-2H3. The van der Waals surface area contributed by atoms with Gasteiger partial charge in [0.1, 0.15) is 5.75 Å². The van der Waals surface area contributed by atoms with Gasteiger partial charge in [0.15, 0.2) is 11.5 Å². The molecule has 0 saturated carbocycles. The molecular formula is C14H12ClNO5. The van der Waals surface area contributed by atoms with Crippen LogP contribution >= 0.6 is 11.6 Å². The second-order valence-corrected chi connectivity index (χ2v) is 4.37. The fourth-order valence-electron chi connectivity index (χ4n) is 1.74. The third-order valence-electron chi connectivity index (χ3n) is 2.71. The first kappa shape index (κ1) is 14.9. The molecule has 110 valence electrons. The Balaban J connectivity index is 2.36. The van der Waals surface area contributed by atoms with E-state index in [0.717, 1.165) is 0 Å². The summed E-state index contributed by atoms with van der Waals surface area (Å²) in [7, 11) is 3.00. The molecule has 0 heterocycles. The Kier molecular flexibility index (Phi) is 4.49. The first-order chi connectivity index (χ1) is 10.1. The Morgan fingerprint density at radius 1 is 1.05 bits per heavy atom. The lowest BCUT2D eigenvalue weighted by molar-refractivity contribution is -0.384. The highest BCUT2D eigenvalue weighted by atomic mass is 35.5. The molecule has 0 unspecified atom stereocenters. The van der Waals surface area contributed by atoms with E-state index in [1.807, 2.05) is 0 Å². The molecule has 0 aromatic heterocycles. The van der Waals surface area contributed by atoms with Gasteiger partial charge < -0.3 is 14.2 Å². The molecule has 7 heteroatoms. The first-order valence-electron chi connectivity index (χ1n) is 5.89. The maximum atomic E-state index is 10.7. The molecule has 0 bridgehead atoms. The fraction of sp³-hybridized carbons (Fsp3) is 0.143. The van der Waals surface area contributed by atoms with Gasteiger partial charge in [-0.05, 0) is 18.2 Å². The highest BCUT2D eigenvalue weighted by Gasteiger charge is 2.15. The zero-order valence-electron chi connectivity index (χ0n) is 11.3. The predicted molar refractivity (Wildman–Crippen MR) is 77.7 cm³/mol. The van der Waals surface area contributed by atoms with Crippen LogP contribution in [0.4, 0.5) is 5.69 Å². The van der Waals surface area contributed by atoms with E-state index < -0.39 is 4.92 Å². The maximum Gasteiger partial charge on any atom is 0.271 e. The van der Waals surface area contributed by atoms with Gasteiger partial charge in [0.25, 0.3) is 5.69 Å². The van der Waals surface area contributed by atoms with Crippen LogP contribution in [0.1, 0.15) is 0 Å². The smallest absolute Gasteiger partial charge is 0.271 e. The Labute approximate surface area is 126 Å². The molecule has 0 aliphatic rings. The molecule has 6 nitrogen and oxygen atoms in total. The van der Waals surface area contributed by atoms with E-state index in [1.165, 1.54) is 32.4 Å². The van der Waals surface area contributed by atoms with Crippen LogP contribution in [0.2, 0.25) is 5.02 Å². The van der Waals surface area contributed by atoms with Gasteiger partial charge in [0.2, 0.25) is 5.75 Å². The molecule has 0 fully saturated rings. The maximum absolute atomic E-state index is 10.7. The summed E-state index contributed by atoms with van der Waals surface area (Å²) < 4.78 is 16.1. The number of rotatable bonds is 5. The van der Waals surface area contributed by atoms with E-state index in [9.17, 15) is 10.1 Å². The summed E-state index contributed by atoms with van der Waals surface area (Å²) in [5.74, 6) is 1.60. The number of benzene rings is 2.